The topological polar surface area (TPSA) is 81.8 Å². The molecule has 0 aliphatic carbocycles. The normalized spacial score (nSPS) is 17.9. The number of hydrogen-bond donors (Lipinski definition) is 0. The molecule has 7 nitrogen and oxygen atoms in total. The number of likely N-dealkylation sites (tertiary alicyclic amines) is 1. The number of hydrogen-bond acceptors (Lipinski definition) is 5. The minimum Gasteiger partial charge on any atom is -0.464 e. The number of esters is 1. The molecule has 2 aromatic rings. The maximum atomic E-state index is 12.7. The fourth-order valence-electron chi connectivity index (χ4n) is 3.10. The standard InChI is InChI=1S/C17H20N2O5/c1-2-23-16(21)13-8-5-6-10-18(13)15(20)11-19-12-7-3-4-9-14(12)24-17(19)22/h3-4,7,9,13H,2,5-6,8,10-11H2,1H3. The molecule has 0 spiro atoms. The van der Waals surface area contributed by atoms with E-state index in [4.69, 9.17) is 9.15 Å². The van der Waals surface area contributed by atoms with Crippen LogP contribution in [0.5, 0.6) is 0 Å². The van der Waals surface area contributed by atoms with Gasteiger partial charge in [-0.1, -0.05) is 12.1 Å². The van der Waals surface area contributed by atoms with Crippen LogP contribution in [0.3, 0.4) is 0 Å². The number of carbonyl (C=O) groups excluding carboxylic acids is 2. The number of amides is 1. The molecule has 1 unspecified atom stereocenters. The summed E-state index contributed by atoms with van der Waals surface area (Å²) in [6, 6.07) is 6.38. The van der Waals surface area contributed by atoms with E-state index < -0.39 is 11.8 Å². The van der Waals surface area contributed by atoms with Gasteiger partial charge in [-0.05, 0) is 38.3 Å². The summed E-state index contributed by atoms with van der Waals surface area (Å²) in [5, 5.41) is 0. The number of rotatable bonds is 4. The van der Waals surface area contributed by atoms with Crippen molar-refractivity contribution in [2.24, 2.45) is 0 Å². The molecule has 0 saturated carbocycles. The Labute approximate surface area is 138 Å². The largest absolute Gasteiger partial charge is 0.464 e. The van der Waals surface area contributed by atoms with Gasteiger partial charge in [0.05, 0.1) is 12.1 Å². The zero-order chi connectivity index (χ0) is 17.1. The zero-order valence-electron chi connectivity index (χ0n) is 13.6. The maximum absolute atomic E-state index is 12.7. The van der Waals surface area contributed by atoms with Gasteiger partial charge in [-0.15, -0.1) is 0 Å². The van der Waals surface area contributed by atoms with Gasteiger partial charge in [-0.2, -0.15) is 0 Å². The van der Waals surface area contributed by atoms with E-state index in [-0.39, 0.29) is 25.0 Å². The molecule has 1 aliphatic heterocycles. The molecule has 128 valence electrons. The first kappa shape index (κ1) is 16.3. The van der Waals surface area contributed by atoms with Crippen LogP contribution in [0.4, 0.5) is 0 Å². The first-order valence-electron chi connectivity index (χ1n) is 8.16. The van der Waals surface area contributed by atoms with Crippen LogP contribution in [0.1, 0.15) is 26.2 Å². The summed E-state index contributed by atoms with van der Waals surface area (Å²) < 4.78 is 11.5. The van der Waals surface area contributed by atoms with Gasteiger partial charge in [-0.3, -0.25) is 9.36 Å². The smallest absolute Gasteiger partial charge is 0.420 e. The van der Waals surface area contributed by atoms with Crippen LogP contribution < -0.4 is 5.76 Å². The van der Waals surface area contributed by atoms with Gasteiger partial charge in [0.25, 0.3) is 0 Å². The molecule has 1 aromatic carbocycles. The number of benzene rings is 1. The maximum Gasteiger partial charge on any atom is 0.420 e. The van der Waals surface area contributed by atoms with E-state index in [2.05, 4.69) is 0 Å². The fraction of sp³-hybridized carbons (Fsp3) is 0.471. The van der Waals surface area contributed by atoms with E-state index in [1.54, 1.807) is 31.2 Å². The van der Waals surface area contributed by atoms with Crippen molar-refractivity contribution in [1.29, 1.82) is 0 Å². The van der Waals surface area contributed by atoms with Gasteiger partial charge < -0.3 is 14.1 Å². The van der Waals surface area contributed by atoms with Gasteiger partial charge in [0.15, 0.2) is 5.58 Å². The van der Waals surface area contributed by atoms with Crippen LogP contribution in [0.15, 0.2) is 33.5 Å². The molecule has 1 fully saturated rings. The van der Waals surface area contributed by atoms with E-state index in [0.717, 1.165) is 12.8 Å². The Morgan fingerprint density at radius 2 is 2.08 bits per heavy atom. The van der Waals surface area contributed by atoms with Gasteiger partial charge in [0.2, 0.25) is 5.91 Å². The second-order valence-corrected chi connectivity index (χ2v) is 5.77. The minimum absolute atomic E-state index is 0.147. The van der Waals surface area contributed by atoms with E-state index in [9.17, 15) is 14.4 Å². The highest BCUT2D eigenvalue weighted by atomic mass is 16.5. The van der Waals surface area contributed by atoms with Crippen LogP contribution in [0, 0.1) is 0 Å². The van der Waals surface area contributed by atoms with Gasteiger partial charge in [0.1, 0.15) is 12.6 Å². The number of nitrogens with zero attached hydrogens (tertiary/aromatic N) is 2. The zero-order valence-corrected chi connectivity index (χ0v) is 13.6. The van der Waals surface area contributed by atoms with E-state index in [1.807, 2.05) is 0 Å². The van der Waals surface area contributed by atoms with Crippen molar-refractivity contribution >= 4 is 23.0 Å². The van der Waals surface area contributed by atoms with Crippen molar-refractivity contribution in [3.8, 4) is 0 Å². The van der Waals surface area contributed by atoms with Gasteiger partial charge in [0, 0.05) is 6.54 Å². The summed E-state index contributed by atoms with van der Waals surface area (Å²) >= 11 is 0. The second kappa shape index (κ2) is 6.90. The average molecular weight is 332 g/mol. The minimum atomic E-state index is -0.575. The number of ether oxygens (including phenoxy) is 1. The van der Waals surface area contributed by atoms with Gasteiger partial charge >= 0.3 is 11.7 Å². The molecule has 1 amide bonds. The average Bonchev–Trinajstić information content (AvgIpc) is 2.91. The first-order chi connectivity index (χ1) is 11.6. The van der Waals surface area contributed by atoms with Crippen molar-refractivity contribution in [3.05, 3.63) is 34.8 Å². The predicted octanol–water partition coefficient (Wildman–Crippen LogP) is 1.54. The predicted molar refractivity (Wildman–Crippen MR) is 86.5 cm³/mol. The summed E-state index contributed by atoms with van der Waals surface area (Å²) in [7, 11) is 0. The number of piperidine rings is 1. The molecule has 3 rings (SSSR count). The second-order valence-electron chi connectivity index (χ2n) is 5.77. The Morgan fingerprint density at radius 1 is 1.29 bits per heavy atom. The molecule has 1 aliphatic rings. The molecule has 7 heteroatoms. The lowest BCUT2D eigenvalue weighted by molar-refractivity contribution is -0.156. The summed E-state index contributed by atoms with van der Waals surface area (Å²) in [5.41, 5.74) is 1.01. The highest BCUT2D eigenvalue weighted by molar-refractivity contribution is 5.85. The molecule has 1 saturated heterocycles. The van der Waals surface area contributed by atoms with E-state index >= 15 is 0 Å². The lowest BCUT2D eigenvalue weighted by Gasteiger charge is -2.34. The molecule has 2 heterocycles. The Balaban J connectivity index is 1.83. The Morgan fingerprint density at radius 3 is 2.88 bits per heavy atom. The third-order valence-corrected chi connectivity index (χ3v) is 4.25. The highest BCUT2D eigenvalue weighted by Crippen LogP contribution is 2.19. The Kier molecular flexibility index (Phi) is 4.69. The van der Waals surface area contributed by atoms with Crippen LogP contribution in [0.2, 0.25) is 0 Å². The Hall–Kier alpha value is -2.57. The summed E-state index contributed by atoms with van der Waals surface area (Å²) in [4.78, 5) is 38.3. The van der Waals surface area contributed by atoms with Crippen molar-refractivity contribution in [2.75, 3.05) is 13.2 Å². The summed E-state index contributed by atoms with van der Waals surface area (Å²) in [5.74, 6) is -1.23. The number of oxazole rings is 1. The fourth-order valence-corrected chi connectivity index (χ4v) is 3.10. The first-order valence-corrected chi connectivity index (χ1v) is 8.16. The highest BCUT2D eigenvalue weighted by Gasteiger charge is 2.33. The summed E-state index contributed by atoms with van der Waals surface area (Å²) in [6.45, 7) is 2.37. The number of fused-ring (bicyclic) bond motifs is 1. The van der Waals surface area contributed by atoms with Crippen LogP contribution in [-0.4, -0.2) is 40.5 Å². The van der Waals surface area contributed by atoms with E-state index in [1.165, 1.54) is 9.47 Å². The van der Waals surface area contributed by atoms with Crippen LogP contribution >= 0.6 is 0 Å². The van der Waals surface area contributed by atoms with Crippen molar-refractivity contribution in [1.82, 2.24) is 9.47 Å². The molecule has 24 heavy (non-hydrogen) atoms. The molecule has 0 N–H and O–H groups in total. The molecule has 1 aromatic heterocycles. The van der Waals surface area contributed by atoms with Crippen molar-refractivity contribution in [3.63, 3.8) is 0 Å². The molecule has 1 atom stereocenters. The number of para-hydroxylation sites is 2. The van der Waals surface area contributed by atoms with Gasteiger partial charge in [-0.25, -0.2) is 9.59 Å². The molecular formula is C17H20N2O5. The lowest BCUT2D eigenvalue weighted by atomic mass is 10.0. The third-order valence-electron chi connectivity index (χ3n) is 4.25. The molecule has 0 bridgehead atoms. The van der Waals surface area contributed by atoms with E-state index in [0.29, 0.717) is 24.1 Å². The number of aromatic nitrogens is 1. The third kappa shape index (κ3) is 3.06. The SMILES string of the molecule is CCOC(=O)C1CCCCN1C(=O)Cn1c(=O)oc2ccccc21. The molecule has 0 radical (unpaired) electrons. The summed E-state index contributed by atoms with van der Waals surface area (Å²) in [6.07, 6.45) is 2.30. The van der Waals surface area contributed by atoms with Crippen LogP contribution in [-0.2, 0) is 20.9 Å². The molecular weight excluding hydrogens is 312 g/mol. The van der Waals surface area contributed by atoms with Crippen molar-refractivity contribution in [2.45, 2.75) is 38.8 Å². The quantitative estimate of drug-likeness (QED) is 0.793. The Bertz CT molecular complexity index is 807. The monoisotopic (exact) mass is 332 g/mol. The lowest BCUT2D eigenvalue weighted by Crippen LogP contribution is -2.50. The van der Waals surface area contributed by atoms with Crippen molar-refractivity contribution < 1.29 is 18.7 Å². The van der Waals surface area contributed by atoms with Crippen LogP contribution in [0.25, 0.3) is 11.1 Å². The number of carbonyl (C=O) groups is 2.